The fraction of sp³-hybridized carbons (Fsp3) is 0.392. The van der Waals surface area contributed by atoms with Gasteiger partial charge in [-0.15, -0.1) is 0 Å². The molecule has 20 nitrogen and oxygen atoms in total. The summed E-state index contributed by atoms with van der Waals surface area (Å²) >= 11 is 3.68. The standard InChI is InChI=1S/C51H63BrN12O8/c1-30(2)45(57-28-43(65)55-19-18-54-3)48(68)61-39(10-7-17-56-50(53)70)47(67)58-34-13-11-31(12-14-34)46(66)59-35-15-16-38-32(24-35)25-40(60-38)49(69)64-29-33(27-52)44-37-9-6-5-8-36(37)42(26-41(44)64)72-51(71)63-22-20-62(4)21-23-63/h5-6,8-9,11-16,24-26,30,33,39,45,54,57,60H,7,10,17-23,27-29H2,1-4H3,(H,55,65)(H,58,67)(H,59,66)(H,61,68)(H3,53,56,70)/t33?,39-,45-/m0/s1. The quantitative estimate of drug-likeness (QED) is 0.0393. The van der Waals surface area contributed by atoms with Crippen molar-refractivity contribution in [2.24, 2.45) is 11.7 Å². The Balaban J connectivity index is 1.00. The molecule has 3 atom stereocenters. The molecule has 2 aliphatic rings. The van der Waals surface area contributed by atoms with E-state index in [1.54, 1.807) is 71.4 Å². The number of alkyl halides is 1. The highest BCUT2D eigenvalue weighted by atomic mass is 79.9. The van der Waals surface area contributed by atoms with Gasteiger partial charge < -0.3 is 62.1 Å². The first-order valence-electron chi connectivity index (χ1n) is 24.1. The molecule has 382 valence electrons. The van der Waals surface area contributed by atoms with Crippen molar-refractivity contribution in [3.05, 3.63) is 95.7 Å². The normalized spacial score (nSPS) is 15.4. The minimum absolute atomic E-state index is 0.0210. The van der Waals surface area contributed by atoms with Crippen LogP contribution in [0.2, 0.25) is 0 Å². The highest BCUT2D eigenvalue weighted by molar-refractivity contribution is 9.09. The molecule has 4 aromatic carbocycles. The van der Waals surface area contributed by atoms with Gasteiger partial charge in [0.15, 0.2) is 0 Å². The number of benzene rings is 4. The molecule has 1 fully saturated rings. The number of nitrogens with one attached hydrogen (secondary N) is 8. The molecule has 1 unspecified atom stereocenters. The molecule has 8 amide bonds. The number of fused-ring (bicyclic) bond motifs is 4. The molecular weight excluding hydrogens is 989 g/mol. The number of H-pyrrole nitrogens is 1. The third-order valence-electron chi connectivity index (χ3n) is 12.8. The smallest absolute Gasteiger partial charge is 0.409 e. The van der Waals surface area contributed by atoms with E-state index >= 15 is 0 Å². The number of urea groups is 1. The summed E-state index contributed by atoms with van der Waals surface area (Å²) in [7, 11) is 3.79. The summed E-state index contributed by atoms with van der Waals surface area (Å²) in [5.74, 6) is -1.82. The van der Waals surface area contributed by atoms with Crippen molar-refractivity contribution in [1.29, 1.82) is 0 Å². The SMILES string of the molecule is CNCCNC(=O)CN[C@H](C(=O)N[C@@H](CCCNC(N)=O)C(=O)Nc1ccc(C(=O)Nc2ccc3[nH]c(C(=O)N4CC(CBr)c5c4cc(OC(=O)N4CCN(C)CC4)c4ccccc54)cc3c2)cc1)C(C)C. The van der Waals surface area contributed by atoms with E-state index < -0.39 is 41.9 Å². The molecule has 0 aliphatic carbocycles. The summed E-state index contributed by atoms with van der Waals surface area (Å²) in [4.78, 5) is 101. The van der Waals surface area contributed by atoms with Crippen LogP contribution >= 0.6 is 15.9 Å². The number of primary amides is 1. The van der Waals surface area contributed by atoms with Gasteiger partial charge in [0.25, 0.3) is 11.8 Å². The molecule has 1 saturated heterocycles. The molecule has 3 heterocycles. The molecule has 5 aromatic rings. The number of ether oxygens (including phenoxy) is 1. The molecule has 72 heavy (non-hydrogen) atoms. The summed E-state index contributed by atoms with van der Waals surface area (Å²) in [5.41, 5.74) is 9.07. The van der Waals surface area contributed by atoms with Crippen molar-refractivity contribution in [1.82, 2.24) is 41.4 Å². The third-order valence-corrected chi connectivity index (χ3v) is 13.6. The van der Waals surface area contributed by atoms with Crippen LogP contribution in [0.4, 0.5) is 26.7 Å². The van der Waals surface area contributed by atoms with Gasteiger partial charge in [0.05, 0.1) is 18.3 Å². The van der Waals surface area contributed by atoms with Gasteiger partial charge >= 0.3 is 12.1 Å². The lowest BCUT2D eigenvalue weighted by Gasteiger charge is -2.31. The maximum Gasteiger partial charge on any atom is 0.415 e. The monoisotopic (exact) mass is 1050 g/mol. The zero-order chi connectivity index (χ0) is 51.5. The van der Waals surface area contributed by atoms with Gasteiger partial charge in [-0.25, -0.2) is 9.59 Å². The number of piperazine rings is 1. The van der Waals surface area contributed by atoms with E-state index in [4.69, 9.17) is 10.5 Å². The number of rotatable bonds is 20. The van der Waals surface area contributed by atoms with Gasteiger partial charge in [0.2, 0.25) is 17.7 Å². The highest BCUT2D eigenvalue weighted by Gasteiger charge is 2.36. The van der Waals surface area contributed by atoms with Crippen LogP contribution < -0.4 is 52.6 Å². The molecule has 2 aliphatic heterocycles. The van der Waals surface area contributed by atoms with Crippen LogP contribution in [0.25, 0.3) is 21.7 Å². The molecule has 0 radical (unpaired) electrons. The largest absolute Gasteiger partial charge is 0.415 e. The van der Waals surface area contributed by atoms with Gasteiger partial charge in [-0.3, -0.25) is 29.3 Å². The average Bonchev–Trinajstić information content (AvgIpc) is 3.97. The minimum Gasteiger partial charge on any atom is -0.409 e. The van der Waals surface area contributed by atoms with Gasteiger partial charge in [0.1, 0.15) is 17.5 Å². The molecule has 0 saturated carbocycles. The second-order valence-electron chi connectivity index (χ2n) is 18.3. The number of nitrogens with two attached hydrogens (primary N) is 1. The van der Waals surface area contributed by atoms with E-state index in [2.05, 4.69) is 63.0 Å². The Bertz CT molecular complexity index is 2800. The third kappa shape index (κ3) is 13.1. The Morgan fingerprint density at radius 1 is 0.833 bits per heavy atom. The maximum absolute atomic E-state index is 14.4. The van der Waals surface area contributed by atoms with Crippen molar-refractivity contribution in [2.75, 3.05) is 93.9 Å². The Morgan fingerprint density at radius 2 is 1.56 bits per heavy atom. The Hall–Kier alpha value is -7.07. The summed E-state index contributed by atoms with van der Waals surface area (Å²) in [6, 6.07) is 20.3. The zero-order valence-corrected chi connectivity index (χ0v) is 42.4. The predicted octanol–water partition coefficient (Wildman–Crippen LogP) is 4.28. The van der Waals surface area contributed by atoms with Gasteiger partial charge in [0, 0.05) is 103 Å². The van der Waals surface area contributed by atoms with E-state index in [9.17, 15) is 33.6 Å². The highest BCUT2D eigenvalue weighted by Crippen LogP contribution is 2.46. The number of halogens is 1. The first-order chi connectivity index (χ1) is 34.6. The Morgan fingerprint density at radius 3 is 2.25 bits per heavy atom. The lowest BCUT2D eigenvalue weighted by molar-refractivity contribution is -0.129. The molecule has 21 heteroatoms. The fourth-order valence-electron chi connectivity index (χ4n) is 8.84. The zero-order valence-electron chi connectivity index (χ0n) is 40.9. The van der Waals surface area contributed by atoms with Crippen LogP contribution in [0.1, 0.15) is 59.0 Å². The second-order valence-corrected chi connectivity index (χ2v) is 19.0. The number of amides is 8. The molecular formula is C51H63BrN12O8. The predicted molar refractivity (Wildman–Crippen MR) is 281 cm³/mol. The number of carbonyl (C=O) groups is 7. The van der Waals surface area contributed by atoms with E-state index in [0.717, 1.165) is 29.4 Å². The van der Waals surface area contributed by atoms with E-state index in [-0.39, 0.29) is 43.2 Å². The van der Waals surface area contributed by atoms with Crippen molar-refractivity contribution < 1.29 is 38.3 Å². The lowest BCUT2D eigenvalue weighted by atomic mass is 9.95. The van der Waals surface area contributed by atoms with Crippen LogP contribution in [0.3, 0.4) is 0 Å². The summed E-state index contributed by atoms with van der Waals surface area (Å²) in [6.07, 6.45) is 0.0537. The molecule has 1 aromatic heterocycles. The number of anilines is 3. The second kappa shape index (κ2) is 24.4. The summed E-state index contributed by atoms with van der Waals surface area (Å²) < 4.78 is 6.07. The fourth-order valence-corrected chi connectivity index (χ4v) is 9.37. The molecule has 0 spiro atoms. The van der Waals surface area contributed by atoms with Crippen molar-refractivity contribution in [3.63, 3.8) is 0 Å². The lowest BCUT2D eigenvalue weighted by Crippen LogP contribution is -2.54. The van der Waals surface area contributed by atoms with E-state index in [0.29, 0.717) is 89.4 Å². The maximum atomic E-state index is 14.4. The number of aromatic nitrogens is 1. The van der Waals surface area contributed by atoms with Crippen LogP contribution in [0.5, 0.6) is 5.75 Å². The van der Waals surface area contributed by atoms with Crippen LogP contribution in [0.15, 0.2) is 78.9 Å². The summed E-state index contributed by atoms with van der Waals surface area (Å²) in [6.45, 7) is 7.76. The number of likely N-dealkylation sites (N-methyl/N-ethyl adjacent to an activating group) is 2. The molecule has 0 bridgehead atoms. The summed E-state index contributed by atoms with van der Waals surface area (Å²) in [5, 5.41) is 22.7. The molecule has 7 rings (SSSR count). The van der Waals surface area contributed by atoms with E-state index in [1.807, 2.05) is 45.2 Å². The number of hydrogen-bond acceptors (Lipinski definition) is 11. The van der Waals surface area contributed by atoms with Crippen LogP contribution in [0, 0.1) is 5.92 Å². The van der Waals surface area contributed by atoms with Crippen LogP contribution in [-0.4, -0.2) is 147 Å². The topological polar surface area (TPSA) is 264 Å². The Labute approximate surface area is 426 Å². The van der Waals surface area contributed by atoms with Gasteiger partial charge in [-0.2, -0.15) is 0 Å². The number of carbonyl (C=O) groups excluding carboxylic acids is 7. The van der Waals surface area contributed by atoms with Crippen molar-refractivity contribution in [3.8, 4) is 5.75 Å². The average molecular weight is 1050 g/mol. The van der Waals surface area contributed by atoms with Crippen molar-refractivity contribution >= 4 is 96.3 Å². The van der Waals surface area contributed by atoms with Crippen molar-refractivity contribution in [2.45, 2.75) is 44.7 Å². The van der Waals surface area contributed by atoms with Crippen LogP contribution in [-0.2, 0) is 14.4 Å². The Kier molecular flexibility index (Phi) is 17.9. The van der Waals surface area contributed by atoms with E-state index in [1.165, 1.54) is 0 Å². The minimum atomic E-state index is -1.02. The first kappa shape index (κ1) is 52.7. The first-order valence-corrected chi connectivity index (χ1v) is 25.2. The van der Waals surface area contributed by atoms with Gasteiger partial charge in [-0.1, -0.05) is 54.0 Å². The van der Waals surface area contributed by atoms with Gasteiger partial charge in [-0.05, 0) is 92.3 Å². The number of aromatic amines is 1. The molecule has 10 N–H and O–H groups in total. The number of nitrogens with zero attached hydrogens (tertiary/aromatic N) is 3. The number of hydrogen-bond donors (Lipinski definition) is 9.